The fourth-order valence-electron chi connectivity index (χ4n) is 3.32. The molecule has 0 radical (unpaired) electrons. The van der Waals surface area contributed by atoms with Crippen molar-refractivity contribution >= 4 is 28.1 Å². The average molecular weight is 371 g/mol. The van der Waals surface area contributed by atoms with E-state index in [1.165, 1.54) is 31.4 Å². The third-order valence-electron chi connectivity index (χ3n) is 4.66. The number of amides is 1. The zero-order valence-corrected chi connectivity index (χ0v) is 16.1. The fourth-order valence-corrected chi connectivity index (χ4v) is 3.97. The van der Waals surface area contributed by atoms with Crippen LogP contribution in [-0.4, -0.2) is 29.5 Å². The molecule has 2 aromatic carbocycles. The SMILES string of the molecule is C[S@](=O)Cc1cccc(C(=O)Nc2ccc(N3CCCCCC3)cc2)c1. The van der Waals surface area contributed by atoms with E-state index in [9.17, 15) is 9.00 Å². The summed E-state index contributed by atoms with van der Waals surface area (Å²) in [6, 6.07) is 15.4. The largest absolute Gasteiger partial charge is 0.372 e. The molecule has 1 saturated heterocycles. The zero-order chi connectivity index (χ0) is 18.4. The molecule has 26 heavy (non-hydrogen) atoms. The van der Waals surface area contributed by atoms with Crippen molar-refractivity contribution in [3.05, 3.63) is 59.7 Å². The van der Waals surface area contributed by atoms with E-state index in [0.29, 0.717) is 11.3 Å². The van der Waals surface area contributed by atoms with E-state index in [2.05, 4.69) is 22.3 Å². The highest BCUT2D eigenvalue weighted by atomic mass is 32.2. The molecule has 2 aromatic rings. The third kappa shape index (κ3) is 5.18. The normalized spacial score (nSPS) is 16.0. The predicted molar refractivity (Wildman–Crippen MR) is 109 cm³/mol. The zero-order valence-electron chi connectivity index (χ0n) is 15.2. The van der Waals surface area contributed by atoms with Gasteiger partial charge in [0.2, 0.25) is 0 Å². The summed E-state index contributed by atoms with van der Waals surface area (Å²) in [5.41, 5.74) is 3.51. The van der Waals surface area contributed by atoms with E-state index >= 15 is 0 Å². The average Bonchev–Trinajstić information content (AvgIpc) is 2.91. The van der Waals surface area contributed by atoms with Crippen LogP contribution >= 0.6 is 0 Å². The summed E-state index contributed by atoms with van der Waals surface area (Å²) in [5, 5.41) is 2.95. The van der Waals surface area contributed by atoms with Crippen LogP contribution in [0.25, 0.3) is 0 Å². The summed E-state index contributed by atoms with van der Waals surface area (Å²) in [7, 11) is -0.919. The van der Waals surface area contributed by atoms with Gasteiger partial charge in [-0.1, -0.05) is 25.0 Å². The lowest BCUT2D eigenvalue weighted by molar-refractivity contribution is 0.102. The minimum atomic E-state index is -0.919. The van der Waals surface area contributed by atoms with Crippen molar-refractivity contribution in [2.75, 3.05) is 29.6 Å². The number of nitrogens with zero attached hydrogens (tertiary/aromatic N) is 1. The summed E-state index contributed by atoms with van der Waals surface area (Å²) in [6.07, 6.45) is 6.79. The Bertz CT molecular complexity index is 766. The van der Waals surface area contributed by atoms with Crippen molar-refractivity contribution in [1.29, 1.82) is 0 Å². The van der Waals surface area contributed by atoms with Gasteiger partial charge in [-0.3, -0.25) is 9.00 Å². The quantitative estimate of drug-likeness (QED) is 0.858. The van der Waals surface area contributed by atoms with Gasteiger partial charge in [0.15, 0.2) is 0 Å². The number of carbonyl (C=O) groups is 1. The summed E-state index contributed by atoms with van der Waals surface area (Å²) >= 11 is 0. The van der Waals surface area contributed by atoms with Crippen LogP contribution in [0.3, 0.4) is 0 Å². The molecule has 3 rings (SSSR count). The fraction of sp³-hybridized carbons (Fsp3) is 0.381. The second kappa shape index (κ2) is 8.99. The molecular formula is C21H26N2O2S. The molecule has 1 amide bonds. The molecule has 0 bridgehead atoms. The highest BCUT2D eigenvalue weighted by Crippen LogP contribution is 2.22. The van der Waals surface area contributed by atoms with Crippen molar-refractivity contribution in [2.24, 2.45) is 0 Å². The maximum absolute atomic E-state index is 12.5. The van der Waals surface area contributed by atoms with Crippen LogP contribution in [0.2, 0.25) is 0 Å². The monoisotopic (exact) mass is 370 g/mol. The molecule has 1 heterocycles. The van der Waals surface area contributed by atoms with E-state index in [4.69, 9.17) is 0 Å². The smallest absolute Gasteiger partial charge is 0.255 e. The van der Waals surface area contributed by atoms with E-state index in [0.717, 1.165) is 24.3 Å². The Morgan fingerprint density at radius 3 is 2.38 bits per heavy atom. The van der Waals surface area contributed by atoms with Crippen LogP contribution in [-0.2, 0) is 16.6 Å². The molecular weight excluding hydrogens is 344 g/mol. The molecule has 1 aliphatic heterocycles. The van der Waals surface area contributed by atoms with Gasteiger partial charge in [-0.25, -0.2) is 0 Å². The van der Waals surface area contributed by atoms with Crippen molar-refractivity contribution in [3.8, 4) is 0 Å². The highest BCUT2D eigenvalue weighted by Gasteiger charge is 2.11. The van der Waals surface area contributed by atoms with Crippen LogP contribution in [0.1, 0.15) is 41.6 Å². The Hall–Kier alpha value is -2.14. The van der Waals surface area contributed by atoms with Crippen LogP contribution in [0.4, 0.5) is 11.4 Å². The lowest BCUT2D eigenvalue weighted by Crippen LogP contribution is -2.23. The molecule has 1 aliphatic rings. The van der Waals surface area contributed by atoms with Crippen LogP contribution < -0.4 is 10.2 Å². The number of carbonyl (C=O) groups excluding carboxylic acids is 1. The molecule has 0 aromatic heterocycles. The van der Waals surface area contributed by atoms with E-state index in [1.807, 2.05) is 30.3 Å². The number of hydrogen-bond acceptors (Lipinski definition) is 3. The van der Waals surface area contributed by atoms with Crippen molar-refractivity contribution in [3.63, 3.8) is 0 Å². The Balaban J connectivity index is 1.65. The minimum Gasteiger partial charge on any atom is -0.372 e. The molecule has 4 nitrogen and oxygen atoms in total. The molecule has 0 saturated carbocycles. The highest BCUT2D eigenvalue weighted by molar-refractivity contribution is 7.83. The van der Waals surface area contributed by atoms with Crippen LogP contribution in [0.5, 0.6) is 0 Å². The Labute approximate surface area is 158 Å². The Kier molecular flexibility index (Phi) is 6.45. The molecule has 1 fully saturated rings. The number of anilines is 2. The standard InChI is InChI=1S/C21H26N2O2S/c1-26(25)16-17-7-6-8-18(15-17)21(24)22-19-9-11-20(12-10-19)23-13-4-2-3-5-14-23/h6-12,15H,2-5,13-14,16H2,1H3,(H,22,24)/t26-/m0/s1. The van der Waals surface area contributed by atoms with Crippen LogP contribution in [0.15, 0.2) is 48.5 Å². The maximum atomic E-state index is 12.5. The molecule has 138 valence electrons. The van der Waals surface area contributed by atoms with Gasteiger partial charge in [-0.2, -0.15) is 0 Å². The van der Waals surface area contributed by atoms with E-state index in [1.54, 1.807) is 12.3 Å². The first-order chi connectivity index (χ1) is 12.6. The maximum Gasteiger partial charge on any atom is 0.255 e. The third-order valence-corrected chi connectivity index (χ3v) is 5.40. The van der Waals surface area contributed by atoms with E-state index in [-0.39, 0.29) is 5.91 Å². The molecule has 5 heteroatoms. The minimum absolute atomic E-state index is 0.142. The second-order valence-corrected chi connectivity index (χ2v) is 8.26. The van der Waals surface area contributed by atoms with Gasteiger partial charge in [-0.15, -0.1) is 0 Å². The number of nitrogens with one attached hydrogen (secondary N) is 1. The van der Waals surface area contributed by atoms with Crippen molar-refractivity contribution < 1.29 is 9.00 Å². The Morgan fingerprint density at radius 1 is 1.04 bits per heavy atom. The molecule has 0 aliphatic carbocycles. The van der Waals surface area contributed by atoms with Gasteiger partial charge in [0.1, 0.15) is 0 Å². The topological polar surface area (TPSA) is 49.4 Å². The van der Waals surface area contributed by atoms with Gasteiger partial charge in [-0.05, 0) is 54.8 Å². The number of benzene rings is 2. The molecule has 1 atom stereocenters. The molecule has 1 N–H and O–H groups in total. The summed E-state index contributed by atoms with van der Waals surface area (Å²) < 4.78 is 11.4. The van der Waals surface area contributed by atoms with Gasteiger partial charge in [0.25, 0.3) is 5.91 Å². The van der Waals surface area contributed by atoms with Gasteiger partial charge in [0.05, 0.1) is 0 Å². The summed E-state index contributed by atoms with van der Waals surface area (Å²) in [6.45, 7) is 2.22. The van der Waals surface area contributed by atoms with Gasteiger partial charge < -0.3 is 10.2 Å². The number of hydrogen-bond donors (Lipinski definition) is 1. The lowest BCUT2D eigenvalue weighted by Gasteiger charge is -2.22. The lowest BCUT2D eigenvalue weighted by atomic mass is 10.1. The van der Waals surface area contributed by atoms with Crippen LogP contribution in [0, 0.1) is 0 Å². The first-order valence-electron chi connectivity index (χ1n) is 9.17. The number of rotatable bonds is 5. The van der Waals surface area contributed by atoms with Gasteiger partial charge in [0, 0.05) is 52.8 Å². The van der Waals surface area contributed by atoms with Crippen molar-refractivity contribution in [1.82, 2.24) is 0 Å². The summed E-state index contributed by atoms with van der Waals surface area (Å²) in [5.74, 6) is 0.322. The summed E-state index contributed by atoms with van der Waals surface area (Å²) in [4.78, 5) is 14.9. The van der Waals surface area contributed by atoms with Gasteiger partial charge >= 0.3 is 0 Å². The second-order valence-electron chi connectivity index (χ2n) is 6.82. The first kappa shape index (κ1) is 18.6. The van der Waals surface area contributed by atoms with Crippen molar-refractivity contribution in [2.45, 2.75) is 31.4 Å². The first-order valence-corrected chi connectivity index (χ1v) is 10.9. The molecule has 0 unspecified atom stereocenters. The molecule has 0 spiro atoms. The van der Waals surface area contributed by atoms with E-state index < -0.39 is 10.8 Å². The Morgan fingerprint density at radius 2 is 1.73 bits per heavy atom. The predicted octanol–water partition coefficient (Wildman–Crippen LogP) is 4.20.